The van der Waals surface area contributed by atoms with Gasteiger partial charge < -0.3 is 24.6 Å². The number of aryl methyl sites for hydroxylation is 1. The zero-order valence-corrected chi connectivity index (χ0v) is 16.5. The molecule has 1 aromatic heterocycles. The lowest BCUT2D eigenvalue weighted by atomic mass is 10.1. The highest BCUT2D eigenvalue weighted by Crippen LogP contribution is 2.32. The number of ether oxygens (including phenoxy) is 1. The van der Waals surface area contributed by atoms with Gasteiger partial charge in [-0.05, 0) is 30.5 Å². The average molecular weight is 423 g/mol. The summed E-state index contributed by atoms with van der Waals surface area (Å²) in [5.41, 5.74) is 0.880. The molecule has 8 heteroatoms. The van der Waals surface area contributed by atoms with E-state index in [9.17, 15) is 9.90 Å². The number of phenolic OH excluding ortho intramolecular Hbond substituents is 1. The molecule has 140 valence electrons. The summed E-state index contributed by atoms with van der Waals surface area (Å²) < 4.78 is 7.55. The predicted molar refractivity (Wildman–Crippen MR) is 104 cm³/mol. The minimum Gasteiger partial charge on any atom is -0.504 e. The van der Waals surface area contributed by atoms with E-state index in [1.54, 1.807) is 36.1 Å². The molecule has 1 aliphatic rings. The van der Waals surface area contributed by atoms with Crippen LogP contribution in [0.4, 0.5) is 5.82 Å². The van der Waals surface area contributed by atoms with Crippen molar-refractivity contribution < 1.29 is 9.84 Å². The van der Waals surface area contributed by atoms with E-state index in [1.165, 1.54) is 7.11 Å². The monoisotopic (exact) mass is 422 g/mol. The topological polar surface area (TPSA) is 79.6 Å². The number of rotatable bonds is 5. The summed E-state index contributed by atoms with van der Waals surface area (Å²) in [6, 6.07) is 3.70. The quantitative estimate of drug-likeness (QED) is 0.766. The summed E-state index contributed by atoms with van der Waals surface area (Å²) in [4.78, 5) is 18.6. The van der Waals surface area contributed by atoms with Crippen LogP contribution in [-0.2, 0) is 13.6 Å². The van der Waals surface area contributed by atoms with Crippen LogP contribution in [0.3, 0.4) is 0 Å². The molecule has 0 bridgehead atoms. The van der Waals surface area contributed by atoms with E-state index < -0.39 is 0 Å². The summed E-state index contributed by atoms with van der Waals surface area (Å²) in [6.07, 6.45) is 5.35. The molecule has 2 heterocycles. The Labute approximate surface area is 160 Å². The number of nitrogens with zero attached hydrogens (tertiary/aromatic N) is 3. The summed E-state index contributed by atoms with van der Waals surface area (Å²) in [5, 5.41) is 13.5. The number of hydrogen-bond acceptors (Lipinski definition) is 6. The normalized spacial score (nSPS) is 17.3. The smallest absolute Gasteiger partial charge is 0.293 e. The molecule has 2 N–H and O–H groups in total. The van der Waals surface area contributed by atoms with Gasteiger partial charge in [0, 0.05) is 49.6 Å². The Morgan fingerprint density at radius 1 is 1.46 bits per heavy atom. The molecular weight excluding hydrogens is 400 g/mol. The van der Waals surface area contributed by atoms with Gasteiger partial charge in [-0.3, -0.25) is 4.79 Å². The fourth-order valence-electron chi connectivity index (χ4n) is 3.18. The fourth-order valence-corrected chi connectivity index (χ4v) is 3.64. The molecular formula is C18H23BrN4O3. The lowest BCUT2D eigenvalue weighted by Crippen LogP contribution is -2.47. The second-order valence-electron chi connectivity index (χ2n) is 6.45. The van der Waals surface area contributed by atoms with Crippen LogP contribution in [0.5, 0.6) is 11.5 Å². The molecule has 2 aromatic rings. The Morgan fingerprint density at radius 2 is 2.27 bits per heavy atom. The first-order valence-corrected chi connectivity index (χ1v) is 9.34. The van der Waals surface area contributed by atoms with E-state index in [4.69, 9.17) is 4.74 Å². The third-order valence-electron chi connectivity index (χ3n) is 4.65. The molecule has 3 rings (SSSR count). The highest BCUT2D eigenvalue weighted by atomic mass is 79.9. The van der Waals surface area contributed by atoms with Crippen molar-refractivity contribution in [3.05, 3.63) is 44.9 Å². The molecule has 1 fully saturated rings. The lowest BCUT2D eigenvalue weighted by Gasteiger charge is -2.33. The molecule has 1 aromatic carbocycles. The number of benzene rings is 1. The number of halogens is 1. The van der Waals surface area contributed by atoms with Gasteiger partial charge in [-0.15, -0.1) is 0 Å². The second kappa shape index (κ2) is 8.09. The Kier molecular flexibility index (Phi) is 5.83. The maximum Gasteiger partial charge on any atom is 0.293 e. The number of nitrogens with one attached hydrogen (secondary N) is 1. The van der Waals surface area contributed by atoms with Crippen LogP contribution in [-0.4, -0.2) is 40.9 Å². The number of anilines is 1. The predicted octanol–water partition coefficient (Wildman–Crippen LogP) is 2.02. The largest absolute Gasteiger partial charge is 0.504 e. The van der Waals surface area contributed by atoms with Crippen molar-refractivity contribution >= 4 is 21.7 Å². The molecule has 0 aliphatic carbocycles. The molecule has 1 aliphatic heterocycles. The lowest BCUT2D eigenvalue weighted by molar-refractivity contribution is 0.372. The molecule has 0 spiro atoms. The maximum atomic E-state index is 12.3. The first-order chi connectivity index (χ1) is 12.5. The Balaban J connectivity index is 1.67. The van der Waals surface area contributed by atoms with Crippen LogP contribution in [0, 0.1) is 0 Å². The Hall–Kier alpha value is -2.06. The van der Waals surface area contributed by atoms with Gasteiger partial charge in [0.1, 0.15) is 0 Å². The number of methoxy groups -OCH3 is 1. The van der Waals surface area contributed by atoms with Crippen molar-refractivity contribution in [1.82, 2.24) is 14.9 Å². The molecule has 0 radical (unpaired) electrons. The molecule has 7 nitrogen and oxygen atoms in total. The van der Waals surface area contributed by atoms with Gasteiger partial charge in [-0.1, -0.05) is 15.9 Å². The second-order valence-corrected chi connectivity index (χ2v) is 7.30. The fraction of sp³-hybridized carbons (Fsp3) is 0.444. The minimum absolute atomic E-state index is 0.0732. The van der Waals surface area contributed by atoms with E-state index in [-0.39, 0.29) is 17.4 Å². The van der Waals surface area contributed by atoms with Crippen molar-refractivity contribution in [2.24, 2.45) is 7.05 Å². The van der Waals surface area contributed by atoms with Gasteiger partial charge in [0.25, 0.3) is 5.56 Å². The number of phenols is 1. The molecule has 1 atom stereocenters. The highest BCUT2D eigenvalue weighted by molar-refractivity contribution is 9.10. The van der Waals surface area contributed by atoms with Crippen LogP contribution in [0.25, 0.3) is 0 Å². The van der Waals surface area contributed by atoms with Gasteiger partial charge in [-0.25, -0.2) is 4.98 Å². The third-order valence-corrected chi connectivity index (χ3v) is 5.39. The van der Waals surface area contributed by atoms with Crippen LogP contribution >= 0.6 is 15.9 Å². The summed E-state index contributed by atoms with van der Waals surface area (Å²) in [6.45, 7) is 2.17. The molecule has 26 heavy (non-hydrogen) atoms. The van der Waals surface area contributed by atoms with Crippen LogP contribution in [0.1, 0.15) is 18.4 Å². The van der Waals surface area contributed by atoms with Gasteiger partial charge >= 0.3 is 0 Å². The van der Waals surface area contributed by atoms with Crippen molar-refractivity contribution in [3.8, 4) is 11.5 Å². The van der Waals surface area contributed by atoms with Crippen molar-refractivity contribution in [3.63, 3.8) is 0 Å². The van der Waals surface area contributed by atoms with E-state index >= 15 is 0 Å². The SMILES string of the molecule is COc1cc(Br)c(CN[C@H]2CCCN(c3nccn(C)c3=O)C2)cc1O. The number of aromatic hydroxyl groups is 1. The molecule has 1 saturated heterocycles. The van der Waals surface area contributed by atoms with Crippen LogP contribution in [0.15, 0.2) is 33.8 Å². The van der Waals surface area contributed by atoms with Crippen molar-refractivity contribution in [2.75, 3.05) is 25.1 Å². The van der Waals surface area contributed by atoms with Crippen molar-refractivity contribution in [1.29, 1.82) is 0 Å². The zero-order chi connectivity index (χ0) is 18.7. The van der Waals surface area contributed by atoms with Crippen LogP contribution < -0.4 is 20.5 Å². The molecule has 0 saturated carbocycles. The summed E-state index contributed by atoms with van der Waals surface area (Å²) >= 11 is 3.52. The maximum absolute atomic E-state index is 12.3. The van der Waals surface area contributed by atoms with Gasteiger partial charge in [0.2, 0.25) is 0 Å². The number of piperidine rings is 1. The highest BCUT2D eigenvalue weighted by Gasteiger charge is 2.23. The van der Waals surface area contributed by atoms with E-state index in [2.05, 4.69) is 26.2 Å². The first kappa shape index (κ1) is 18.7. The standard InChI is InChI=1S/C18H23BrN4O3/c1-22-7-5-20-17(18(22)25)23-6-3-4-13(11-23)21-10-12-8-15(24)16(26-2)9-14(12)19/h5,7-9,13,21,24H,3-4,6,10-11H2,1-2H3/t13-/m0/s1. The van der Waals surface area contributed by atoms with E-state index in [1.807, 2.05) is 4.90 Å². The van der Waals surface area contributed by atoms with Crippen molar-refractivity contribution in [2.45, 2.75) is 25.4 Å². The minimum atomic E-state index is -0.0732. The average Bonchev–Trinajstić information content (AvgIpc) is 2.64. The van der Waals surface area contributed by atoms with E-state index in [0.717, 1.165) is 36.0 Å². The Morgan fingerprint density at radius 3 is 3.04 bits per heavy atom. The van der Waals surface area contributed by atoms with Crippen LogP contribution in [0.2, 0.25) is 0 Å². The van der Waals surface area contributed by atoms with Gasteiger partial charge in [-0.2, -0.15) is 0 Å². The molecule has 0 amide bonds. The summed E-state index contributed by atoms with van der Waals surface area (Å²) in [7, 11) is 3.26. The number of aromatic nitrogens is 2. The van der Waals surface area contributed by atoms with Gasteiger partial charge in [0.05, 0.1) is 7.11 Å². The zero-order valence-electron chi connectivity index (χ0n) is 14.9. The number of hydrogen-bond donors (Lipinski definition) is 2. The Bertz CT molecular complexity index is 840. The molecule has 0 unspecified atom stereocenters. The van der Waals surface area contributed by atoms with E-state index in [0.29, 0.717) is 18.1 Å². The summed E-state index contributed by atoms with van der Waals surface area (Å²) in [5.74, 6) is 1.06. The van der Waals surface area contributed by atoms with Gasteiger partial charge in [0.15, 0.2) is 17.3 Å². The third kappa shape index (κ3) is 4.02. The first-order valence-electron chi connectivity index (χ1n) is 8.55.